The lowest BCUT2D eigenvalue weighted by Crippen LogP contribution is -2.09. The fraction of sp³-hybridized carbons (Fsp3) is 0.280. The number of hydrogen-bond donors (Lipinski definition) is 2. The van der Waals surface area contributed by atoms with Crippen molar-refractivity contribution in [3.8, 4) is 17.2 Å². The van der Waals surface area contributed by atoms with E-state index in [0.29, 0.717) is 51.8 Å². The maximum atomic E-state index is 5.49. The van der Waals surface area contributed by atoms with Crippen molar-refractivity contribution in [2.24, 2.45) is 7.05 Å². The molecular formula is C25H28N8O3. The Morgan fingerprint density at radius 1 is 0.861 bits per heavy atom. The predicted octanol–water partition coefficient (Wildman–Crippen LogP) is 4.81. The molecule has 3 heterocycles. The Kier molecular flexibility index (Phi) is 5.96. The average molecular weight is 489 g/mol. The van der Waals surface area contributed by atoms with Gasteiger partial charge in [0.05, 0.1) is 32.4 Å². The Bertz CT molecular complexity index is 1530. The molecule has 186 valence electrons. The summed E-state index contributed by atoms with van der Waals surface area (Å²) in [5, 5.41) is 6.73. The molecular weight excluding hydrogens is 460 g/mol. The lowest BCUT2D eigenvalue weighted by Gasteiger charge is -2.15. The molecule has 11 heteroatoms. The molecule has 0 aliphatic carbocycles. The first-order chi connectivity index (χ1) is 17.4. The predicted molar refractivity (Wildman–Crippen MR) is 139 cm³/mol. The summed E-state index contributed by atoms with van der Waals surface area (Å²) in [6, 6.07) is 11.7. The van der Waals surface area contributed by atoms with Gasteiger partial charge in [0.15, 0.2) is 28.5 Å². The van der Waals surface area contributed by atoms with E-state index in [1.165, 1.54) is 6.33 Å². The van der Waals surface area contributed by atoms with E-state index >= 15 is 0 Å². The number of para-hydroxylation sites is 2. The number of rotatable bonds is 8. The van der Waals surface area contributed by atoms with E-state index in [-0.39, 0.29) is 6.04 Å². The molecule has 5 rings (SSSR count). The zero-order chi connectivity index (χ0) is 25.4. The number of ether oxygens (including phenoxy) is 3. The molecule has 0 amide bonds. The number of anilines is 4. The average Bonchev–Trinajstić information content (AvgIpc) is 3.41. The van der Waals surface area contributed by atoms with Gasteiger partial charge in [-0.15, -0.1) is 0 Å². The maximum absolute atomic E-state index is 5.49. The highest BCUT2D eigenvalue weighted by Gasteiger charge is 2.21. The van der Waals surface area contributed by atoms with Crippen LogP contribution < -0.4 is 24.8 Å². The van der Waals surface area contributed by atoms with E-state index < -0.39 is 0 Å². The Balaban J connectivity index is 1.59. The smallest absolute Gasteiger partial charge is 0.212 e. The van der Waals surface area contributed by atoms with Crippen LogP contribution in [-0.2, 0) is 7.05 Å². The van der Waals surface area contributed by atoms with E-state index in [0.717, 1.165) is 11.0 Å². The highest BCUT2D eigenvalue weighted by Crippen LogP contribution is 2.41. The molecule has 0 bridgehead atoms. The first kappa shape index (κ1) is 23.2. The quantitative estimate of drug-likeness (QED) is 0.318. The molecule has 0 atom stereocenters. The molecule has 11 nitrogen and oxygen atoms in total. The van der Waals surface area contributed by atoms with Crippen LogP contribution in [0.15, 0.2) is 42.7 Å². The monoisotopic (exact) mass is 488 g/mol. The fourth-order valence-electron chi connectivity index (χ4n) is 4.22. The minimum Gasteiger partial charge on any atom is -0.493 e. The van der Waals surface area contributed by atoms with Crippen LogP contribution in [0.3, 0.4) is 0 Å². The van der Waals surface area contributed by atoms with Crippen molar-refractivity contribution in [2.45, 2.75) is 19.9 Å². The van der Waals surface area contributed by atoms with E-state index in [9.17, 15) is 0 Å². The highest BCUT2D eigenvalue weighted by atomic mass is 16.5. The van der Waals surface area contributed by atoms with Crippen molar-refractivity contribution in [1.82, 2.24) is 29.1 Å². The summed E-state index contributed by atoms with van der Waals surface area (Å²) < 4.78 is 20.4. The van der Waals surface area contributed by atoms with Crippen molar-refractivity contribution in [3.05, 3.63) is 42.7 Å². The van der Waals surface area contributed by atoms with Crippen LogP contribution in [-0.4, -0.2) is 50.4 Å². The number of benzene rings is 2. The van der Waals surface area contributed by atoms with Gasteiger partial charge < -0.3 is 24.1 Å². The first-order valence-corrected chi connectivity index (χ1v) is 11.4. The Morgan fingerprint density at radius 2 is 1.58 bits per heavy atom. The largest absolute Gasteiger partial charge is 0.493 e. The van der Waals surface area contributed by atoms with Crippen LogP contribution in [0.1, 0.15) is 19.9 Å². The second-order valence-electron chi connectivity index (χ2n) is 8.44. The summed E-state index contributed by atoms with van der Waals surface area (Å²) in [6.07, 6.45) is 1.52. The second-order valence-corrected chi connectivity index (χ2v) is 8.44. The third-order valence-electron chi connectivity index (χ3n) is 5.93. The number of aryl methyl sites for hydroxylation is 1. The molecule has 2 aromatic carbocycles. The second kappa shape index (κ2) is 9.25. The third kappa shape index (κ3) is 3.88. The molecule has 0 saturated carbocycles. The molecule has 0 aliphatic heterocycles. The van der Waals surface area contributed by atoms with Gasteiger partial charge in [0.2, 0.25) is 17.6 Å². The summed E-state index contributed by atoms with van der Waals surface area (Å²) in [7, 11) is 6.69. The fourth-order valence-corrected chi connectivity index (χ4v) is 4.22. The van der Waals surface area contributed by atoms with Crippen LogP contribution in [0.25, 0.3) is 22.2 Å². The summed E-state index contributed by atoms with van der Waals surface area (Å²) >= 11 is 0. The zero-order valence-electron chi connectivity index (χ0n) is 21.0. The van der Waals surface area contributed by atoms with E-state index in [2.05, 4.69) is 34.4 Å². The molecule has 0 aliphatic rings. The maximum Gasteiger partial charge on any atom is 0.212 e. The first-order valence-electron chi connectivity index (χ1n) is 11.4. The Hall–Kier alpha value is -4.54. The number of methoxy groups -OCH3 is 3. The Labute approximate surface area is 208 Å². The van der Waals surface area contributed by atoms with Crippen LogP contribution in [0.4, 0.5) is 23.4 Å². The number of aromatic nitrogens is 6. The van der Waals surface area contributed by atoms with Crippen LogP contribution in [0, 0.1) is 0 Å². The molecule has 0 spiro atoms. The molecule has 0 unspecified atom stereocenters. The van der Waals surface area contributed by atoms with Gasteiger partial charge in [-0.25, -0.2) is 19.9 Å². The number of fused-ring (bicyclic) bond motifs is 2. The van der Waals surface area contributed by atoms with Crippen molar-refractivity contribution in [3.63, 3.8) is 0 Å². The van der Waals surface area contributed by atoms with Gasteiger partial charge in [-0.1, -0.05) is 12.1 Å². The van der Waals surface area contributed by atoms with Crippen LogP contribution in [0.2, 0.25) is 0 Å². The summed E-state index contributed by atoms with van der Waals surface area (Å²) in [6.45, 7) is 4.16. The molecule has 3 aromatic heterocycles. The van der Waals surface area contributed by atoms with Gasteiger partial charge in [-0.05, 0) is 26.0 Å². The molecule has 0 fully saturated rings. The lowest BCUT2D eigenvalue weighted by molar-refractivity contribution is 0.324. The topological polar surface area (TPSA) is 113 Å². The van der Waals surface area contributed by atoms with E-state index in [1.54, 1.807) is 21.3 Å². The van der Waals surface area contributed by atoms with E-state index in [4.69, 9.17) is 24.2 Å². The molecule has 2 N–H and O–H groups in total. The number of imidazole rings is 2. The molecule has 0 saturated heterocycles. The van der Waals surface area contributed by atoms with Gasteiger partial charge in [0.1, 0.15) is 6.33 Å². The minimum atomic E-state index is 0.0797. The summed E-state index contributed by atoms with van der Waals surface area (Å²) in [4.78, 5) is 18.6. The van der Waals surface area contributed by atoms with Crippen molar-refractivity contribution >= 4 is 45.6 Å². The van der Waals surface area contributed by atoms with Crippen LogP contribution >= 0.6 is 0 Å². The molecule has 36 heavy (non-hydrogen) atoms. The minimum absolute atomic E-state index is 0.0797. The SMILES string of the molecule is COc1cc(Nc2ncnc3c2nc(Nc2nc4ccccc4n2C)n3C(C)C)cc(OC)c1OC. The number of hydrogen-bond acceptors (Lipinski definition) is 9. The molecule has 0 radical (unpaired) electrons. The molecule has 5 aromatic rings. The van der Waals surface area contributed by atoms with Crippen molar-refractivity contribution in [2.75, 3.05) is 32.0 Å². The van der Waals surface area contributed by atoms with Crippen molar-refractivity contribution in [1.29, 1.82) is 0 Å². The van der Waals surface area contributed by atoms with Gasteiger partial charge in [-0.3, -0.25) is 9.88 Å². The van der Waals surface area contributed by atoms with Gasteiger partial charge in [0, 0.05) is 30.9 Å². The highest BCUT2D eigenvalue weighted by molar-refractivity contribution is 5.88. The van der Waals surface area contributed by atoms with E-state index in [1.807, 2.05) is 52.6 Å². The van der Waals surface area contributed by atoms with Gasteiger partial charge in [0.25, 0.3) is 0 Å². The number of nitrogens with one attached hydrogen (secondary N) is 2. The third-order valence-corrected chi connectivity index (χ3v) is 5.93. The van der Waals surface area contributed by atoms with Gasteiger partial charge >= 0.3 is 0 Å². The van der Waals surface area contributed by atoms with Crippen molar-refractivity contribution < 1.29 is 14.2 Å². The standard InChI is InChI=1S/C25H28N8O3/c1-14(2)33-23-20(30-25(33)31-24-29-16-9-7-8-10-17(16)32(24)3)22(26-13-27-23)28-15-11-18(34-4)21(36-6)19(12-15)35-5/h7-14H,1-6H3,(H,26,27,28)(H,29,30,31). The lowest BCUT2D eigenvalue weighted by atomic mass is 10.2. The normalized spacial score (nSPS) is 11.3. The summed E-state index contributed by atoms with van der Waals surface area (Å²) in [5.41, 5.74) is 3.93. The van der Waals surface area contributed by atoms with Crippen LogP contribution in [0.5, 0.6) is 17.2 Å². The Morgan fingerprint density at radius 3 is 2.22 bits per heavy atom. The summed E-state index contributed by atoms with van der Waals surface area (Å²) in [5.74, 6) is 3.41. The zero-order valence-corrected chi connectivity index (χ0v) is 21.0. The van der Waals surface area contributed by atoms with Gasteiger partial charge in [-0.2, -0.15) is 0 Å². The number of nitrogens with zero attached hydrogens (tertiary/aromatic N) is 6.